The maximum Gasteiger partial charge on any atom is 0.243 e. The first-order valence-corrected chi connectivity index (χ1v) is 8.84. The molecule has 118 valence electrons. The molecule has 6 heteroatoms. The number of hydrogen-bond acceptors (Lipinski definition) is 3. The standard InChI is InChI=1S/C16H19ClN2O2S/c1-4-19(11-14-5-7-18-8-6-14)22(20,21)16-10-12(2)15(17)9-13(16)3/h5-10H,4,11H2,1-3H3. The summed E-state index contributed by atoms with van der Waals surface area (Å²) in [5.41, 5.74) is 2.32. The van der Waals surface area contributed by atoms with Gasteiger partial charge in [-0.25, -0.2) is 8.42 Å². The van der Waals surface area contributed by atoms with E-state index in [1.165, 1.54) is 4.31 Å². The lowest BCUT2D eigenvalue weighted by Crippen LogP contribution is -2.31. The van der Waals surface area contributed by atoms with E-state index in [4.69, 9.17) is 11.6 Å². The zero-order valence-corrected chi connectivity index (χ0v) is 14.4. The highest BCUT2D eigenvalue weighted by molar-refractivity contribution is 7.89. The summed E-state index contributed by atoms with van der Waals surface area (Å²) in [6.45, 7) is 6.11. The monoisotopic (exact) mass is 338 g/mol. The Balaban J connectivity index is 2.41. The topological polar surface area (TPSA) is 50.3 Å². The summed E-state index contributed by atoms with van der Waals surface area (Å²) in [6.07, 6.45) is 3.32. The minimum absolute atomic E-state index is 0.310. The molecular formula is C16H19ClN2O2S. The van der Waals surface area contributed by atoms with Gasteiger partial charge in [-0.15, -0.1) is 0 Å². The molecule has 2 rings (SSSR count). The van der Waals surface area contributed by atoms with Crippen LogP contribution < -0.4 is 0 Å². The second-order valence-corrected chi connectivity index (χ2v) is 7.47. The highest BCUT2D eigenvalue weighted by atomic mass is 35.5. The van der Waals surface area contributed by atoms with Crippen molar-refractivity contribution in [3.8, 4) is 0 Å². The fourth-order valence-electron chi connectivity index (χ4n) is 2.23. The first-order valence-electron chi connectivity index (χ1n) is 7.02. The van der Waals surface area contributed by atoms with Crippen molar-refractivity contribution < 1.29 is 8.42 Å². The highest BCUT2D eigenvalue weighted by Gasteiger charge is 2.25. The van der Waals surface area contributed by atoms with E-state index < -0.39 is 10.0 Å². The smallest absolute Gasteiger partial charge is 0.243 e. The van der Waals surface area contributed by atoms with Gasteiger partial charge in [-0.1, -0.05) is 18.5 Å². The predicted molar refractivity (Wildman–Crippen MR) is 88.4 cm³/mol. The molecule has 0 radical (unpaired) electrons. The number of nitrogens with zero attached hydrogens (tertiary/aromatic N) is 2. The summed E-state index contributed by atoms with van der Waals surface area (Å²) in [6, 6.07) is 6.97. The van der Waals surface area contributed by atoms with Crippen LogP contribution in [0.1, 0.15) is 23.6 Å². The van der Waals surface area contributed by atoms with Crippen LogP contribution in [-0.4, -0.2) is 24.3 Å². The van der Waals surface area contributed by atoms with Crippen LogP contribution in [0.3, 0.4) is 0 Å². The lowest BCUT2D eigenvalue weighted by Gasteiger charge is -2.22. The molecule has 0 aliphatic heterocycles. The van der Waals surface area contributed by atoms with Gasteiger partial charge < -0.3 is 0 Å². The summed E-state index contributed by atoms with van der Waals surface area (Å²) in [4.78, 5) is 4.26. The number of hydrogen-bond donors (Lipinski definition) is 0. The molecule has 1 aromatic heterocycles. The third kappa shape index (κ3) is 3.48. The lowest BCUT2D eigenvalue weighted by molar-refractivity contribution is 0.423. The zero-order valence-electron chi connectivity index (χ0n) is 12.9. The number of rotatable bonds is 5. The first kappa shape index (κ1) is 16.9. The van der Waals surface area contributed by atoms with E-state index in [1.54, 1.807) is 38.4 Å². The van der Waals surface area contributed by atoms with Gasteiger partial charge >= 0.3 is 0 Å². The van der Waals surface area contributed by atoms with E-state index in [9.17, 15) is 8.42 Å². The van der Waals surface area contributed by atoms with Gasteiger partial charge in [0.15, 0.2) is 0 Å². The van der Waals surface area contributed by atoms with E-state index in [-0.39, 0.29) is 0 Å². The van der Waals surface area contributed by atoms with Gasteiger partial charge in [-0.3, -0.25) is 4.98 Å². The third-order valence-corrected chi connectivity index (χ3v) is 6.00. The quantitative estimate of drug-likeness (QED) is 0.837. The fourth-order valence-corrected chi connectivity index (χ4v) is 4.18. The Labute approximate surface area is 136 Å². The van der Waals surface area contributed by atoms with Crippen molar-refractivity contribution in [3.05, 3.63) is 58.4 Å². The molecular weight excluding hydrogens is 320 g/mol. The van der Waals surface area contributed by atoms with E-state index in [1.807, 2.05) is 19.1 Å². The van der Waals surface area contributed by atoms with E-state index in [2.05, 4.69) is 4.98 Å². The lowest BCUT2D eigenvalue weighted by atomic mass is 10.2. The van der Waals surface area contributed by atoms with E-state index in [0.717, 1.165) is 11.1 Å². The Morgan fingerprint density at radius 2 is 1.77 bits per heavy atom. The first-order chi connectivity index (χ1) is 10.4. The van der Waals surface area contributed by atoms with Crippen molar-refractivity contribution in [3.63, 3.8) is 0 Å². The largest absolute Gasteiger partial charge is 0.265 e. The van der Waals surface area contributed by atoms with Crippen LogP contribution in [0.5, 0.6) is 0 Å². The average molecular weight is 339 g/mol. The molecule has 2 aromatic rings. The fraction of sp³-hybridized carbons (Fsp3) is 0.312. The van der Waals surface area contributed by atoms with Gasteiger partial charge in [0.05, 0.1) is 4.90 Å². The molecule has 0 unspecified atom stereocenters. The van der Waals surface area contributed by atoms with Crippen LogP contribution in [-0.2, 0) is 16.6 Å². The molecule has 0 atom stereocenters. The molecule has 0 spiro atoms. The molecule has 0 N–H and O–H groups in total. The van der Waals surface area contributed by atoms with Gasteiger partial charge in [0.1, 0.15) is 0 Å². The number of aromatic nitrogens is 1. The van der Waals surface area contributed by atoms with Crippen molar-refractivity contribution in [1.82, 2.24) is 9.29 Å². The van der Waals surface area contributed by atoms with Crippen LogP contribution in [0.25, 0.3) is 0 Å². The van der Waals surface area contributed by atoms with Gasteiger partial charge in [0, 0.05) is 30.5 Å². The highest BCUT2D eigenvalue weighted by Crippen LogP contribution is 2.27. The molecule has 1 heterocycles. The van der Waals surface area contributed by atoms with Crippen LogP contribution in [0.15, 0.2) is 41.6 Å². The van der Waals surface area contributed by atoms with E-state index >= 15 is 0 Å². The van der Waals surface area contributed by atoms with Crippen LogP contribution in [0.2, 0.25) is 5.02 Å². The number of pyridine rings is 1. The Bertz CT molecular complexity index is 761. The molecule has 0 aliphatic rings. The molecule has 0 amide bonds. The Morgan fingerprint density at radius 3 is 2.36 bits per heavy atom. The van der Waals surface area contributed by atoms with Crippen LogP contribution >= 0.6 is 11.6 Å². The number of benzene rings is 1. The SMILES string of the molecule is CCN(Cc1ccncc1)S(=O)(=O)c1cc(C)c(Cl)cc1C. The molecule has 4 nitrogen and oxygen atoms in total. The minimum Gasteiger partial charge on any atom is -0.265 e. The molecule has 0 bridgehead atoms. The van der Waals surface area contributed by atoms with Crippen molar-refractivity contribution in [2.24, 2.45) is 0 Å². The summed E-state index contributed by atoms with van der Waals surface area (Å²) in [5, 5.41) is 0.577. The normalized spacial score (nSPS) is 11.9. The summed E-state index contributed by atoms with van der Waals surface area (Å²) < 4.78 is 27.3. The summed E-state index contributed by atoms with van der Waals surface area (Å²) in [5.74, 6) is 0. The van der Waals surface area contributed by atoms with Crippen LogP contribution in [0, 0.1) is 13.8 Å². The van der Waals surface area contributed by atoms with Crippen molar-refractivity contribution >= 4 is 21.6 Å². The van der Waals surface area contributed by atoms with Gasteiger partial charge in [0.25, 0.3) is 0 Å². The second-order valence-electron chi connectivity index (χ2n) is 5.15. The van der Waals surface area contributed by atoms with Crippen LogP contribution in [0.4, 0.5) is 0 Å². The summed E-state index contributed by atoms with van der Waals surface area (Å²) in [7, 11) is -3.56. The molecule has 0 aliphatic carbocycles. The Hall–Kier alpha value is -1.43. The third-order valence-electron chi connectivity index (χ3n) is 3.54. The van der Waals surface area contributed by atoms with Gasteiger partial charge in [-0.2, -0.15) is 4.31 Å². The molecule has 1 aromatic carbocycles. The average Bonchev–Trinajstić information content (AvgIpc) is 2.49. The van der Waals surface area contributed by atoms with Gasteiger partial charge in [0.2, 0.25) is 10.0 Å². The Kier molecular flexibility index (Phi) is 5.21. The van der Waals surface area contributed by atoms with E-state index in [0.29, 0.717) is 28.6 Å². The molecule has 0 saturated heterocycles. The number of halogens is 1. The molecule has 0 saturated carbocycles. The predicted octanol–water partition coefficient (Wildman–Crippen LogP) is 3.56. The maximum absolute atomic E-state index is 12.9. The molecule has 0 fully saturated rings. The number of sulfonamides is 1. The summed E-state index contributed by atoms with van der Waals surface area (Å²) >= 11 is 6.06. The number of aryl methyl sites for hydroxylation is 2. The Morgan fingerprint density at radius 1 is 1.14 bits per heavy atom. The van der Waals surface area contributed by atoms with Gasteiger partial charge in [-0.05, 0) is 54.8 Å². The van der Waals surface area contributed by atoms with Crippen molar-refractivity contribution in [2.75, 3.05) is 6.54 Å². The van der Waals surface area contributed by atoms with Crippen molar-refractivity contribution in [2.45, 2.75) is 32.2 Å². The molecule has 22 heavy (non-hydrogen) atoms. The zero-order chi connectivity index (χ0) is 16.3. The second kappa shape index (κ2) is 6.77. The minimum atomic E-state index is -3.56. The van der Waals surface area contributed by atoms with Crippen molar-refractivity contribution in [1.29, 1.82) is 0 Å². The maximum atomic E-state index is 12.9.